The molecule has 1 N–H and O–H groups in total. The summed E-state index contributed by atoms with van der Waals surface area (Å²) in [6.45, 7) is 1.72. The fourth-order valence-electron chi connectivity index (χ4n) is 1.74. The summed E-state index contributed by atoms with van der Waals surface area (Å²) in [6.07, 6.45) is -4.37. The van der Waals surface area contributed by atoms with Gasteiger partial charge in [-0.3, -0.25) is 0 Å². The van der Waals surface area contributed by atoms with E-state index in [2.05, 4.69) is 0 Å². The van der Waals surface area contributed by atoms with Gasteiger partial charge in [0.15, 0.2) is 0 Å². The van der Waals surface area contributed by atoms with E-state index in [0.29, 0.717) is 10.9 Å². The van der Waals surface area contributed by atoms with E-state index in [1.807, 2.05) is 0 Å². The van der Waals surface area contributed by atoms with E-state index >= 15 is 0 Å². The van der Waals surface area contributed by atoms with Crippen LogP contribution in [-0.2, 0) is 23.2 Å². The predicted molar refractivity (Wildman–Crippen MR) is 83.6 cm³/mol. The Morgan fingerprint density at radius 1 is 1.00 bits per heavy atom. The van der Waals surface area contributed by atoms with Gasteiger partial charge in [0.25, 0.3) is 0 Å². The van der Waals surface area contributed by atoms with Crippen LogP contribution >= 0.6 is 27.2 Å². The molecular weight excluding hydrogens is 391 g/mol. The summed E-state index contributed by atoms with van der Waals surface area (Å²) in [4.78, 5) is 0. The number of rotatable bonds is 2. The van der Waals surface area contributed by atoms with Gasteiger partial charge >= 0.3 is 41.8 Å². The molecule has 0 radical (unpaired) electrons. The summed E-state index contributed by atoms with van der Waals surface area (Å²) < 4.78 is 38.6. The number of aryl methyl sites for hydroxylation is 1. The second kappa shape index (κ2) is 9.15. The Morgan fingerprint density at radius 2 is 1.55 bits per heavy atom. The number of benzene rings is 2. The van der Waals surface area contributed by atoms with E-state index < -0.39 is 28.8 Å². The van der Waals surface area contributed by atoms with Crippen LogP contribution in [0.2, 0.25) is 0 Å². The van der Waals surface area contributed by atoms with Gasteiger partial charge < -0.3 is 5.11 Å². The van der Waals surface area contributed by atoms with Gasteiger partial charge in [-0.2, -0.15) is 13.2 Å². The molecule has 0 amide bonds. The first-order chi connectivity index (χ1) is 10.3. The Bertz CT molecular complexity index is 623. The van der Waals surface area contributed by atoms with Crippen LogP contribution in [0.4, 0.5) is 13.2 Å². The summed E-state index contributed by atoms with van der Waals surface area (Å²) in [6, 6.07) is 10.6. The van der Waals surface area contributed by atoms with Gasteiger partial charge in [0.05, 0.1) is 5.56 Å². The van der Waals surface area contributed by atoms with E-state index in [1.165, 1.54) is 12.1 Å². The Balaban J connectivity index is 0.000000745. The molecule has 2 rings (SSSR count). The molecule has 0 fully saturated rings. The predicted octanol–water partition coefficient (Wildman–Crippen LogP) is 4.73. The molecule has 0 aliphatic heterocycles. The number of phenols is 1. The molecule has 0 spiro atoms. The average Bonchev–Trinajstić information content (AvgIpc) is 2.44. The number of phenolic OH excluding ortho intramolecular Hbond substituents is 1. The Morgan fingerprint density at radius 3 is 2.14 bits per heavy atom. The number of hydrogen-bond acceptors (Lipinski definition) is 1. The van der Waals surface area contributed by atoms with Crippen molar-refractivity contribution in [3.63, 3.8) is 0 Å². The molecule has 1 nitrogen and oxygen atoms in total. The number of halogens is 5. The van der Waals surface area contributed by atoms with Gasteiger partial charge in [-0.05, 0) is 23.9 Å². The summed E-state index contributed by atoms with van der Waals surface area (Å²) >= 11 is -0.556. The number of hydrogen-bond donors (Lipinski definition) is 1. The number of para-hydroxylation sites is 1. The van der Waals surface area contributed by atoms with E-state index in [1.54, 1.807) is 31.2 Å². The second-order valence-electron chi connectivity index (χ2n) is 4.21. The zero-order valence-corrected chi connectivity index (χ0v) is 15.5. The first-order valence-electron chi connectivity index (χ1n) is 5.99. The van der Waals surface area contributed by atoms with Crippen molar-refractivity contribution in [2.45, 2.75) is 13.1 Å². The van der Waals surface area contributed by atoms with Gasteiger partial charge in [-0.1, -0.05) is 45.0 Å². The van der Waals surface area contributed by atoms with Crippen LogP contribution in [0.5, 0.6) is 5.75 Å². The molecule has 0 aliphatic rings. The fourth-order valence-corrected chi connectivity index (χ4v) is 3.07. The van der Waals surface area contributed by atoms with Crippen LogP contribution in [0, 0.1) is 6.92 Å². The summed E-state index contributed by atoms with van der Waals surface area (Å²) in [5.41, 5.74) is 0.0173. The maximum atomic E-state index is 12.9. The van der Waals surface area contributed by atoms with Crippen molar-refractivity contribution in [3.8, 4) is 5.75 Å². The molecule has 8 heteroatoms. The molecule has 1 unspecified atom stereocenters. The first kappa shape index (κ1) is 19.8. The van der Waals surface area contributed by atoms with E-state index in [4.69, 9.17) is 18.6 Å². The minimum atomic E-state index is -4.37. The third-order valence-electron chi connectivity index (χ3n) is 2.74. The Labute approximate surface area is 145 Å². The normalized spacial score (nSPS) is 11.2. The maximum absolute atomic E-state index is 12.9. The van der Waals surface area contributed by atoms with Crippen molar-refractivity contribution in [1.29, 1.82) is 0 Å². The molecule has 1 atom stereocenters. The summed E-state index contributed by atoms with van der Waals surface area (Å²) in [7, 11) is 9.55. The van der Waals surface area contributed by atoms with Crippen molar-refractivity contribution in [2.24, 2.45) is 0 Å². The Hall–Kier alpha value is -0.246. The molecule has 22 heavy (non-hydrogen) atoms. The molecule has 0 aromatic heterocycles. The molecule has 2 aromatic carbocycles. The third kappa shape index (κ3) is 5.75. The fraction of sp³-hybridized carbons (Fsp3) is 0.143. The van der Waals surface area contributed by atoms with Crippen LogP contribution in [0.1, 0.15) is 11.1 Å². The molecular formula is C14H12Cl2F3OPTi. The average molecular weight is 403 g/mol. The molecule has 2 aromatic rings. The van der Waals surface area contributed by atoms with Gasteiger partial charge in [-0.25, -0.2) is 0 Å². The SMILES string of the molecule is Cc1cccc(Pc2ccccc2C(F)(F)F)c1O.[Cl][Ti][Cl]. The van der Waals surface area contributed by atoms with Crippen molar-refractivity contribution >= 4 is 37.8 Å². The van der Waals surface area contributed by atoms with Gasteiger partial charge in [0.2, 0.25) is 0 Å². The van der Waals surface area contributed by atoms with E-state index in [9.17, 15) is 18.3 Å². The molecule has 0 saturated carbocycles. The van der Waals surface area contributed by atoms with Crippen LogP contribution in [0.15, 0.2) is 42.5 Å². The summed E-state index contributed by atoms with van der Waals surface area (Å²) in [5.74, 6) is 0.0674. The molecule has 0 saturated heterocycles. The van der Waals surface area contributed by atoms with Crippen LogP contribution in [0.3, 0.4) is 0 Å². The molecule has 118 valence electrons. The van der Waals surface area contributed by atoms with Gasteiger partial charge in [0.1, 0.15) is 5.75 Å². The topological polar surface area (TPSA) is 20.2 Å². The van der Waals surface area contributed by atoms with Crippen molar-refractivity contribution in [3.05, 3.63) is 53.6 Å². The van der Waals surface area contributed by atoms with Crippen molar-refractivity contribution in [1.82, 2.24) is 0 Å². The monoisotopic (exact) mass is 402 g/mol. The standard InChI is InChI=1S/C14H12F3OP.2ClH.Ti/c1-9-5-4-8-12(13(9)18)19-11-7-3-2-6-10(11)14(15,16)17;;;/h2-8,18-19H,1H3;2*1H;/q;;;+2/p-2. The first-order valence-corrected chi connectivity index (χ1v) is 11.3. The molecule has 0 aliphatic carbocycles. The zero-order valence-electron chi connectivity index (χ0n) is 11.4. The molecule has 0 bridgehead atoms. The minimum absolute atomic E-state index is 0.0674. The van der Waals surface area contributed by atoms with Crippen LogP contribution in [0.25, 0.3) is 0 Å². The number of aromatic hydroxyl groups is 1. The summed E-state index contributed by atoms with van der Waals surface area (Å²) in [5, 5.41) is 10.6. The van der Waals surface area contributed by atoms with Crippen molar-refractivity contribution in [2.75, 3.05) is 0 Å². The van der Waals surface area contributed by atoms with Crippen molar-refractivity contribution < 1.29 is 35.3 Å². The van der Waals surface area contributed by atoms with E-state index in [0.717, 1.165) is 6.07 Å². The van der Waals surface area contributed by atoms with Crippen LogP contribution in [-0.4, -0.2) is 5.11 Å². The van der Waals surface area contributed by atoms with E-state index in [-0.39, 0.29) is 19.6 Å². The zero-order chi connectivity index (χ0) is 16.8. The van der Waals surface area contributed by atoms with Gasteiger partial charge in [-0.15, -0.1) is 0 Å². The molecule has 0 heterocycles. The quantitative estimate of drug-likeness (QED) is 0.569. The Kier molecular flexibility index (Phi) is 8.23. The van der Waals surface area contributed by atoms with Gasteiger partial charge in [0, 0.05) is 5.30 Å². The third-order valence-corrected chi connectivity index (χ3v) is 4.12. The number of alkyl halides is 3. The van der Waals surface area contributed by atoms with Crippen LogP contribution < -0.4 is 10.6 Å². The second-order valence-corrected chi connectivity index (χ2v) is 8.12.